The Morgan fingerprint density at radius 1 is 1.10 bits per heavy atom. The van der Waals surface area contributed by atoms with Crippen LogP contribution in [-0.4, -0.2) is 53.9 Å². The molecule has 1 saturated heterocycles. The minimum Gasteiger partial charge on any atom is -0.497 e. The van der Waals surface area contributed by atoms with Gasteiger partial charge in [-0.3, -0.25) is 14.5 Å². The van der Waals surface area contributed by atoms with Crippen LogP contribution >= 0.6 is 11.8 Å². The first-order valence-corrected chi connectivity index (χ1v) is 10.5. The van der Waals surface area contributed by atoms with Gasteiger partial charge in [0.2, 0.25) is 11.8 Å². The lowest BCUT2D eigenvalue weighted by Crippen LogP contribution is -2.33. The standard InChI is InChI=1S/C22H23N3O5S/c1-4-25-20(27)18(13-19(26)23-15-9-11-17(29-2)12-10-15)31-22(25)24-16-7-5-14(6-8-16)21(28)30-3/h5-12,18H,4,13H2,1-3H3,(H,23,26)/t18-/m0/s1. The van der Waals surface area contributed by atoms with Crippen LogP contribution in [0, 0.1) is 0 Å². The van der Waals surface area contributed by atoms with E-state index in [1.54, 1.807) is 60.5 Å². The van der Waals surface area contributed by atoms with Crippen LogP contribution in [0.2, 0.25) is 0 Å². The van der Waals surface area contributed by atoms with Crippen LogP contribution in [0.1, 0.15) is 23.7 Å². The number of carbonyl (C=O) groups excluding carboxylic acids is 3. The summed E-state index contributed by atoms with van der Waals surface area (Å²) in [6.45, 7) is 2.30. The Balaban J connectivity index is 1.67. The van der Waals surface area contributed by atoms with E-state index in [4.69, 9.17) is 4.74 Å². The molecule has 2 aromatic carbocycles. The lowest BCUT2D eigenvalue weighted by molar-refractivity contribution is -0.128. The van der Waals surface area contributed by atoms with Crippen molar-refractivity contribution in [3.05, 3.63) is 54.1 Å². The third-order valence-corrected chi connectivity index (χ3v) is 5.77. The number of hydrogen-bond donors (Lipinski definition) is 1. The molecule has 8 nitrogen and oxygen atoms in total. The zero-order valence-electron chi connectivity index (χ0n) is 17.5. The molecule has 0 radical (unpaired) electrons. The largest absolute Gasteiger partial charge is 0.497 e. The molecule has 0 saturated carbocycles. The molecular formula is C22H23N3O5S. The van der Waals surface area contributed by atoms with Gasteiger partial charge in [0.15, 0.2) is 5.17 Å². The van der Waals surface area contributed by atoms with Crippen molar-refractivity contribution < 1.29 is 23.9 Å². The highest BCUT2D eigenvalue weighted by Gasteiger charge is 2.38. The van der Waals surface area contributed by atoms with Gasteiger partial charge in [-0.05, 0) is 55.5 Å². The molecule has 0 aromatic heterocycles. The van der Waals surface area contributed by atoms with Crippen molar-refractivity contribution >= 4 is 46.1 Å². The molecule has 1 N–H and O–H groups in total. The number of amidine groups is 1. The van der Waals surface area contributed by atoms with Gasteiger partial charge < -0.3 is 14.8 Å². The van der Waals surface area contributed by atoms with Crippen LogP contribution in [0.25, 0.3) is 0 Å². The smallest absolute Gasteiger partial charge is 0.337 e. The van der Waals surface area contributed by atoms with Crippen molar-refractivity contribution in [1.29, 1.82) is 0 Å². The second-order valence-corrected chi connectivity index (χ2v) is 7.77. The minimum absolute atomic E-state index is 0.0341. The van der Waals surface area contributed by atoms with Crippen molar-refractivity contribution in [2.45, 2.75) is 18.6 Å². The Bertz CT molecular complexity index is 989. The van der Waals surface area contributed by atoms with E-state index in [1.807, 2.05) is 6.92 Å². The van der Waals surface area contributed by atoms with E-state index in [0.717, 1.165) is 0 Å². The van der Waals surface area contributed by atoms with Gasteiger partial charge in [-0.25, -0.2) is 9.79 Å². The number of hydrogen-bond acceptors (Lipinski definition) is 7. The Morgan fingerprint density at radius 2 is 1.77 bits per heavy atom. The van der Waals surface area contributed by atoms with Gasteiger partial charge in [-0.2, -0.15) is 0 Å². The highest BCUT2D eigenvalue weighted by atomic mass is 32.2. The monoisotopic (exact) mass is 441 g/mol. The molecule has 1 aliphatic rings. The molecule has 0 spiro atoms. The Labute approximate surface area is 184 Å². The molecule has 2 amide bonds. The van der Waals surface area contributed by atoms with E-state index >= 15 is 0 Å². The van der Waals surface area contributed by atoms with Gasteiger partial charge in [0.1, 0.15) is 11.0 Å². The predicted octanol–water partition coefficient (Wildman–Crippen LogP) is 3.46. The van der Waals surface area contributed by atoms with Crippen LogP contribution in [-0.2, 0) is 14.3 Å². The molecule has 1 heterocycles. The molecule has 1 atom stereocenters. The number of benzene rings is 2. The zero-order chi connectivity index (χ0) is 22.4. The van der Waals surface area contributed by atoms with E-state index in [1.165, 1.54) is 18.9 Å². The maximum atomic E-state index is 12.8. The number of methoxy groups -OCH3 is 2. The topological polar surface area (TPSA) is 97.3 Å². The van der Waals surface area contributed by atoms with Crippen LogP contribution in [0.3, 0.4) is 0 Å². The average molecular weight is 442 g/mol. The van der Waals surface area contributed by atoms with E-state index in [2.05, 4.69) is 15.0 Å². The summed E-state index contributed by atoms with van der Waals surface area (Å²) >= 11 is 1.26. The summed E-state index contributed by atoms with van der Waals surface area (Å²) in [5, 5.41) is 2.78. The molecule has 162 valence electrons. The predicted molar refractivity (Wildman–Crippen MR) is 120 cm³/mol. The lowest BCUT2D eigenvalue weighted by Gasteiger charge is -2.13. The number of carbonyl (C=O) groups is 3. The third-order valence-electron chi connectivity index (χ3n) is 4.59. The highest BCUT2D eigenvalue weighted by Crippen LogP contribution is 2.32. The van der Waals surface area contributed by atoms with Crippen LogP contribution in [0.5, 0.6) is 5.75 Å². The Kier molecular flexibility index (Phi) is 7.30. The van der Waals surface area contributed by atoms with Gasteiger partial charge in [-0.1, -0.05) is 11.8 Å². The summed E-state index contributed by atoms with van der Waals surface area (Å²) in [6, 6.07) is 13.6. The third kappa shape index (κ3) is 5.43. The maximum Gasteiger partial charge on any atom is 0.337 e. The normalized spacial score (nSPS) is 17.0. The molecule has 31 heavy (non-hydrogen) atoms. The molecular weight excluding hydrogens is 418 g/mol. The van der Waals surface area contributed by atoms with Crippen molar-refractivity contribution in [1.82, 2.24) is 4.90 Å². The summed E-state index contributed by atoms with van der Waals surface area (Å²) in [5.41, 5.74) is 1.65. The van der Waals surface area contributed by atoms with Crippen LogP contribution < -0.4 is 10.1 Å². The number of nitrogens with zero attached hydrogens (tertiary/aromatic N) is 2. The number of rotatable bonds is 7. The second-order valence-electron chi connectivity index (χ2n) is 6.60. The number of anilines is 1. The van der Waals surface area contributed by atoms with E-state index in [9.17, 15) is 14.4 Å². The average Bonchev–Trinajstić information content (AvgIpc) is 3.07. The van der Waals surface area contributed by atoms with Gasteiger partial charge in [-0.15, -0.1) is 0 Å². The van der Waals surface area contributed by atoms with E-state index in [-0.39, 0.29) is 18.2 Å². The highest BCUT2D eigenvalue weighted by molar-refractivity contribution is 8.15. The molecule has 0 unspecified atom stereocenters. The van der Waals surface area contributed by atoms with Crippen LogP contribution in [0.4, 0.5) is 11.4 Å². The number of esters is 1. The first-order valence-electron chi connectivity index (χ1n) is 9.64. The molecule has 2 aromatic rings. The quantitative estimate of drug-likeness (QED) is 0.661. The van der Waals surface area contributed by atoms with E-state index < -0.39 is 11.2 Å². The summed E-state index contributed by atoms with van der Waals surface area (Å²) in [4.78, 5) is 42.9. The number of aliphatic imine (C=N–C) groups is 1. The minimum atomic E-state index is -0.550. The van der Waals surface area contributed by atoms with Crippen molar-refractivity contribution in [3.8, 4) is 5.75 Å². The summed E-state index contributed by atoms with van der Waals surface area (Å²) in [5.74, 6) is -0.139. The van der Waals surface area contributed by atoms with Gasteiger partial charge in [0.05, 0.1) is 25.5 Å². The second kappa shape index (κ2) is 10.1. The molecule has 1 fully saturated rings. The van der Waals surface area contributed by atoms with Gasteiger partial charge >= 0.3 is 5.97 Å². The molecule has 0 aliphatic carbocycles. The fourth-order valence-electron chi connectivity index (χ4n) is 2.97. The molecule has 1 aliphatic heterocycles. The molecule has 3 rings (SSSR count). The molecule has 0 bridgehead atoms. The first kappa shape index (κ1) is 22.4. The Hall–Kier alpha value is -3.33. The van der Waals surface area contributed by atoms with Gasteiger partial charge in [0, 0.05) is 18.7 Å². The fourth-order valence-corrected chi connectivity index (χ4v) is 4.19. The number of nitrogens with one attached hydrogen (secondary N) is 1. The SMILES string of the molecule is CCN1C(=O)[C@H](CC(=O)Nc2ccc(OC)cc2)SC1=Nc1ccc(C(=O)OC)cc1. The van der Waals surface area contributed by atoms with Crippen molar-refractivity contribution in [2.24, 2.45) is 4.99 Å². The van der Waals surface area contributed by atoms with E-state index in [0.29, 0.717) is 34.4 Å². The first-order chi connectivity index (χ1) is 14.9. The summed E-state index contributed by atoms with van der Waals surface area (Å²) in [7, 11) is 2.89. The van der Waals surface area contributed by atoms with Crippen molar-refractivity contribution in [2.75, 3.05) is 26.1 Å². The number of thioether (sulfide) groups is 1. The van der Waals surface area contributed by atoms with Crippen molar-refractivity contribution in [3.63, 3.8) is 0 Å². The molecule has 9 heteroatoms. The number of amides is 2. The van der Waals surface area contributed by atoms with Crippen LogP contribution in [0.15, 0.2) is 53.5 Å². The fraction of sp³-hybridized carbons (Fsp3) is 0.273. The maximum absolute atomic E-state index is 12.8. The van der Waals surface area contributed by atoms with Gasteiger partial charge in [0.25, 0.3) is 0 Å². The summed E-state index contributed by atoms with van der Waals surface area (Å²) in [6.07, 6.45) is 0.0341. The Morgan fingerprint density at radius 3 is 2.35 bits per heavy atom. The summed E-state index contributed by atoms with van der Waals surface area (Å²) < 4.78 is 9.79. The lowest BCUT2D eigenvalue weighted by atomic mass is 10.2. The zero-order valence-corrected chi connectivity index (χ0v) is 18.3. The number of ether oxygens (including phenoxy) is 2.